The number of aliphatic hydroxyl groups is 1. The summed E-state index contributed by atoms with van der Waals surface area (Å²) < 4.78 is 5.29. The van der Waals surface area contributed by atoms with Crippen LogP contribution in [-0.2, 0) is 9.59 Å². The number of methoxy groups -OCH3 is 1. The van der Waals surface area contributed by atoms with Crippen LogP contribution in [0.2, 0.25) is 0 Å². The number of Topliss-reactive ketones (excluding diaryl/α,β-unsaturated/α-hetero) is 1. The fourth-order valence-electron chi connectivity index (χ4n) is 4.56. The quantitative estimate of drug-likeness (QED) is 0.237. The van der Waals surface area contributed by atoms with E-state index in [4.69, 9.17) is 4.74 Å². The van der Waals surface area contributed by atoms with Gasteiger partial charge in [-0.05, 0) is 56.6 Å². The van der Waals surface area contributed by atoms with Crippen LogP contribution in [0.1, 0.15) is 63.1 Å². The summed E-state index contributed by atoms with van der Waals surface area (Å²) in [5.74, 6) is -0.644. The van der Waals surface area contributed by atoms with Gasteiger partial charge in [-0.1, -0.05) is 69.2 Å². The Hall–Kier alpha value is -3.12. The SMILES string of the molecule is CCCCN(CCCC)CCCN1C(=O)C(=O)/C(=C(\O)c2ccccc2)C1c1ccc(OC)cc1. The minimum absolute atomic E-state index is 0.139. The average molecular weight is 479 g/mol. The lowest BCUT2D eigenvalue weighted by Gasteiger charge is -2.27. The Morgan fingerprint density at radius 2 is 1.51 bits per heavy atom. The molecule has 1 atom stereocenters. The predicted molar refractivity (Wildman–Crippen MR) is 139 cm³/mol. The Morgan fingerprint density at radius 3 is 2.09 bits per heavy atom. The Kier molecular flexibility index (Phi) is 9.91. The molecule has 6 heteroatoms. The van der Waals surface area contributed by atoms with Crippen molar-refractivity contribution in [2.24, 2.45) is 0 Å². The zero-order valence-electron chi connectivity index (χ0n) is 21.2. The molecule has 2 aromatic rings. The number of nitrogens with zero attached hydrogens (tertiary/aromatic N) is 2. The predicted octanol–water partition coefficient (Wildman–Crippen LogP) is 5.41. The van der Waals surface area contributed by atoms with Gasteiger partial charge in [0.15, 0.2) is 0 Å². The molecule has 6 nitrogen and oxygen atoms in total. The maximum Gasteiger partial charge on any atom is 0.295 e. The summed E-state index contributed by atoms with van der Waals surface area (Å²) in [4.78, 5) is 30.4. The number of unbranched alkanes of at least 4 members (excludes halogenated alkanes) is 2. The number of rotatable bonds is 13. The van der Waals surface area contributed by atoms with Gasteiger partial charge in [0.05, 0.1) is 18.7 Å². The fraction of sp³-hybridized carbons (Fsp3) is 0.448. The minimum Gasteiger partial charge on any atom is -0.507 e. The number of ketones is 1. The van der Waals surface area contributed by atoms with Crippen molar-refractivity contribution in [3.05, 3.63) is 71.3 Å². The van der Waals surface area contributed by atoms with Gasteiger partial charge in [-0.25, -0.2) is 0 Å². The molecule has 1 aliphatic rings. The maximum absolute atomic E-state index is 13.2. The molecule has 0 spiro atoms. The van der Waals surface area contributed by atoms with Crippen molar-refractivity contribution in [1.82, 2.24) is 9.80 Å². The average Bonchev–Trinajstić information content (AvgIpc) is 3.15. The number of amides is 1. The van der Waals surface area contributed by atoms with Gasteiger partial charge in [0, 0.05) is 12.1 Å². The molecule has 1 saturated heterocycles. The summed E-state index contributed by atoms with van der Waals surface area (Å²) in [5, 5.41) is 11.1. The van der Waals surface area contributed by atoms with Gasteiger partial charge >= 0.3 is 0 Å². The highest BCUT2D eigenvalue weighted by Gasteiger charge is 2.45. The van der Waals surface area contributed by atoms with Gasteiger partial charge in [0.2, 0.25) is 0 Å². The number of hydrogen-bond acceptors (Lipinski definition) is 5. The zero-order chi connectivity index (χ0) is 25.2. The number of benzene rings is 2. The number of carbonyl (C=O) groups is 2. The third-order valence-corrected chi connectivity index (χ3v) is 6.55. The van der Waals surface area contributed by atoms with E-state index in [1.807, 2.05) is 30.3 Å². The lowest BCUT2D eigenvalue weighted by molar-refractivity contribution is -0.140. The van der Waals surface area contributed by atoms with E-state index in [0.29, 0.717) is 17.9 Å². The second-order valence-corrected chi connectivity index (χ2v) is 9.03. The van der Waals surface area contributed by atoms with E-state index in [1.165, 1.54) is 0 Å². The number of aliphatic hydroxyl groups excluding tert-OH is 1. The van der Waals surface area contributed by atoms with Crippen LogP contribution >= 0.6 is 0 Å². The topological polar surface area (TPSA) is 70.1 Å². The molecule has 0 saturated carbocycles. The molecule has 188 valence electrons. The van der Waals surface area contributed by atoms with Crippen LogP contribution in [0, 0.1) is 0 Å². The van der Waals surface area contributed by atoms with Gasteiger partial charge in [0.1, 0.15) is 11.5 Å². The highest BCUT2D eigenvalue weighted by Crippen LogP contribution is 2.39. The van der Waals surface area contributed by atoms with Crippen LogP contribution in [0.5, 0.6) is 5.75 Å². The fourth-order valence-corrected chi connectivity index (χ4v) is 4.56. The Morgan fingerprint density at radius 1 is 0.914 bits per heavy atom. The number of hydrogen-bond donors (Lipinski definition) is 1. The molecule has 1 amide bonds. The van der Waals surface area contributed by atoms with E-state index in [0.717, 1.165) is 57.3 Å². The number of ether oxygens (including phenoxy) is 1. The Labute approximate surface area is 209 Å². The summed E-state index contributed by atoms with van der Waals surface area (Å²) >= 11 is 0. The van der Waals surface area contributed by atoms with E-state index in [-0.39, 0.29) is 11.3 Å². The molecular weight excluding hydrogens is 440 g/mol. The molecule has 0 radical (unpaired) electrons. The molecule has 2 aromatic carbocycles. The smallest absolute Gasteiger partial charge is 0.295 e. The summed E-state index contributed by atoms with van der Waals surface area (Å²) in [6.07, 6.45) is 5.36. The molecule has 0 bridgehead atoms. The second kappa shape index (κ2) is 13.1. The van der Waals surface area contributed by atoms with Crippen molar-refractivity contribution in [1.29, 1.82) is 0 Å². The van der Waals surface area contributed by atoms with Crippen LogP contribution in [0.15, 0.2) is 60.2 Å². The van der Waals surface area contributed by atoms with Crippen molar-refractivity contribution < 1.29 is 19.4 Å². The lowest BCUT2D eigenvalue weighted by Crippen LogP contribution is -2.34. The summed E-state index contributed by atoms with van der Waals surface area (Å²) in [6, 6.07) is 15.6. The van der Waals surface area contributed by atoms with Crippen molar-refractivity contribution >= 4 is 17.4 Å². The van der Waals surface area contributed by atoms with Gasteiger partial charge in [-0.15, -0.1) is 0 Å². The molecule has 1 aliphatic heterocycles. The first-order valence-electron chi connectivity index (χ1n) is 12.7. The van der Waals surface area contributed by atoms with Crippen molar-refractivity contribution in [3.8, 4) is 5.75 Å². The first kappa shape index (κ1) is 26.5. The first-order chi connectivity index (χ1) is 17.0. The minimum atomic E-state index is -0.638. The molecule has 0 aliphatic carbocycles. The van der Waals surface area contributed by atoms with Crippen LogP contribution in [0.4, 0.5) is 0 Å². The molecule has 1 N–H and O–H groups in total. The van der Waals surface area contributed by atoms with Crippen LogP contribution in [0.3, 0.4) is 0 Å². The highest BCUT2D eigenvalue weighted by atomic mass is 16.5. The Bertz CT molecular complexity index is 993. The summed E-state index contributed by atoms with van der Waals surface area (Å²) in [6.45, 7) is 7.80. The van der Waals surface area contributed by atoms with E-state index in [1.54, 1.807) is 36.3 Å². The lowest BCUT2D eigenvalue weighted by atomic mass is 9.95. The van der Waals surface area contributed by atoms with Crippen molar-refractivity contribution in [2.45, 2.75) is 52.0 Å². The van der Waals surface area contributed by atoms with Gasteiger partial charge in [0.25, 0.3) is 11.7 Å². The zero-order valence-corrected chi connectivity index (χ0v) is 21.2. The third-order valence-electron chi connectivity index (χ3n) is 6.55. The molecule has 1 fully saturated rings. The van der Waals surface area contributed by atoms with Crippen molar-refractivity contribution in [2.75, 3.05) is 33.3 Å². The van der Waals surface area contributed by atoms with Crippen LogP contribution in [0.25, 0.3) is 5.76 Å². The standard InChI is InChI=1S/C29H38N2O4/c1-4-6-18-30(19-7-5-2)20-11-21-31-26(22-14-16-24(35-3)17-15-22)25(28(33)29(31)34)27(32)23-12-9-8-10-13-23/h8-10,12-17,26,32H,4-7,11,18-21H2,1-3H3/b27-25-. The molecular formula is C29H38N2O4. The summed E-state index contributed by atoms with van der Waals surface area (Å²) in [7, 11) is 1.60. The van der Waals surface area contributed by atoms with E-state index >= 15 is 0 Å². The first-order valence-corrected chi connectivity index (χ1v) is 12.7. The van der Waals surface area contributed by atoms with Crippen LogP contribution in [-0.4, -0.2) is 59.9 Å². The van der Waals surface area contributed by atoms with Gasteiger partial charge < -0.3 is 19.6 Å². The molecule has 1 unspecified atom stereocenters. The third kappa shape index (κ3) is 6.51. The molecule has 3 rings (SSSR count). The van der Waals surface area contributed by atoms with E-state index in [9.17, 15) is 14.7 Å². The van der Waals surface area contributed by atoms with Gasteiger partial charge in [-0.2, -0.15) is 0 Å². The maximum atomic E-state index is 13.2. The molecule has 35 heavy (non-hydrogen) atoms. The normalized spacial score (nSPS) is 17.4. The monoisotopic (exact) mass is 478 g/mol. The Balaban J connectivity index is 1.89. The largest absolute Gasteiger partial charge is 0.507 e. The van der Waals surface area contributed by atoms with Crippen LogP contribution < -0.4 is 4.74 Å². The number of likely N-dealkylation sites (tertiary alicyclic amines) is 1. The summed E-state index contributed by atoms with van der Waals surface area (Å²) in [5.41, 5.74) is 1.44. The van der Waals surface area contributed by atoms with E-state index < -0.39 is 17.7 Å². The molecule has 0 aromatic heterocycles. The highest BCUT2D eigenvalue weighted by molar-refractivity contribution is 6.46. The second-order valence-electron chi connectivity index (χ2n) is 9.03. The molecule has 1 heterocycles. The number of carbonyl (C=O) groups excluding carboxylic acids is 2. The van der Waals surface area contributed by atoms with Gasteiger partial charge in [-0.3, -0.25) is 9.59 Å². The van der Waals surface area contributed by atoms with Crippen molar-refractivity contribution in [3.63, 3.8) is 0 Å². The van der Waals surface area contributed by atoms with E-state index in [2.05, 4.69) is 18.7 Å².